The number of nitrogen functional groups attached to an aromatic ring is 1. The van der Waals surface area contributed by atoms with E-state index in [1.165, 1.54) is 33.8 Å². The van der Waals surface area contributed by atoms with Gasteiger partial charge in [-0.1, -0.05) is 20.3 Å². The van der Waals surface area contributed by atoms with Gasteiger partial charge >= 0.3 is 11.9 Å². The Morgan fingerprint density at radius 1 is 1.05 bits per heavy atom. The van der Waals surface area contributed by atoms with Crippen molar-refractivity contribution in [1.29, 1.82) is 0 Å². The molecule has 242 valence electrons. The number of methoxy groups -OCH3 is 1. The third kappa shape index (κ3) is 8.87. The number of ether oxygens (including phenoxy) is 3. The molecule has 9 heteroatoms. The van der Waals surface area contributed by atoms with Gasteiger partial charge in [-0.05, 0) is 115 Å². The molecule has 2 saturated carbocycles. The first kappa shape index (κ1) is 33.6. The number of nitrogens with two attached hydrogens (primary N) is 1. The number of pyridine rings is 1. The van der Waals surface area contributed by atoms with Crippen LogP contribution in [0.25, 0.3) is 11.1 Å². The fraction of sp³-hybridized carbons (Fsp3) is 0.629. The van der Waals surface area contributed by atoms with Crippen molar-refractivity contribution >= 4 is 17.8 Å². The summed E-state index contributed by atoms with van der Waals surface area (Å²) in [6.45, 7) is 7.38. The summed E-state index contributed by atoms with van der Waals surface area (Å²) in [6.07, 6.45) is 7.07. The first-order chi connectivity index (χ1) is 20.9. The number of phenolic OH excluding ortho intramolecular Hbond substituents is 1. The van der Waals surface area contributed by atoms with Gasteiger partial charge in [0.2, 0.25) is 0 Å². The van der Waals surface area contributed by atoms with Crippen LogP contribution in [-0.4, -0.2) is 52.6 Å². The number of benzene rings is 1. The lowest BCUT2D eigenvalue weighted by atomic mass is 9.63. The van der Waals surface area contributed by atoms with Crippen LogP contribution in [0.2, 0.25) is 0 Å². The SMILES string of the molecule is COc1cc(CC[C@H](C[C@@H](OC(C)=O)[C@@H]2C[C@H](O)C[C@@H]3CC[C@H](C(C)C)[C@@H](C3)C2)OC(C)=O)c(-c2ccnc(N)c2)cc1O. The van der Waals surface area contributed by atoms with Crippen LogP contribution in [0, 0.1) is 29.6 Å². The van der Waals surface area contributed by atoms with Crippen molar-refractivity contribution in [2.24, 2.45) is 29.6 Å². The van der Waals surface area contributed by atoms with Crippen LogP contribution in [0.1, 0.15) is 84.6 Å². The van der Waals surface area contributed by atoms with Gasteiger partial charge in [0.1, 0.15) is 18.0 Å². The second kappa shape index (κ2) is 15.1. The Labute approximate surface area is 261 Å². The second-order valence-corrected chi connectivity index (χ2v) is 13.3. The van der Waals surface area contributed by atoms with Gasteiger partial charge in [-0.2, -0.15) is 0 Å². The molecule has 1 heterocycles. The lowest BCUT2D eigenvalue weighted by molar-refractivity contribution is -0.157. The number of rotatable bonds is 11. The lowest BCUT2D eigenvalue weighted by Crippen LogP contribution is -2.40. The number of carbonyl (C=O) groups excluding carboxylic acids is 2. The average molecular weight is 611 g/mol. The van der Waals surface area contributed by atoms with E-state index in [9.17, 15) is 19.8 Å². The minimum atomic E-state index is -0.533. The molecule has 0 unspecified atom stereocenters. The summed E-state index contributed by atoms with van der Waals surface area (Å²) in [5.74, 6) is 2.09. The largest absolute Gasteiger partial charge is 0.504 e. The van der Waals surface area contributed by atoms with Gasteiger partial charge in [0.05, 0.1) is 13.2 Å². The number of aliphatic hydroxyl groups is 1. The highest BCUT2D eigenvalue weighted by Crippen LogP contribution is 2.46. The topological polar surface area (TPSA) is 141 Å². The number of fused-ring (bicyclic) bond motifs is 2. The molecule has 2 aliphatic rings. The molecule has 0 aliphatic heterocycles. The number of aromatic nitrogens is 1. The van der Waals surface area contributed by atoms with Gasteiger partial charge in [0.25, 0.3) is 0 Å². The Kier molecular flexibility index (Phi) is 11.5. The molecule has 2 fully saturated rings. The molecule has 0 radical (unpaired) electrons. The van der Waals surface area contributed by atoms with E-state index in [2.05, 4.69) is 18.8 Å². The van der Waals surface area contributed by atoms with Gasteiger partial charge in [0.15, 0.2) is 11.5 Å². The van der Waals surface area contributed by atoms with Gasteiger partial charge in [-0.15, -0.1) is 0 Å². The van der Waals surface area contributed by atoms with Crippen LogP contribution < -0.4 is 10.5 Å². The molecule has 0 saturated heterocycles. The Balaban J connectivity index is 1.60. The van der Waals surface area contributed by atoms with Crippen molar-refractivity contribution in [2.75, 3.05) is 12.8 Å². The quantitative estimate of drug-likeness (QED) is 0.258. The zero-order valence-electron chi connectivity index (χ0n) is 26.8. The molecule has 2 aromatic rings. The van der Waals surface area contributed by atoms with E-state index < -0.39 is 24.3 Å². The van der Waals surface area contributed by atoms with E-state index in [0.717, 1.165) is 36.0 Å². The number of aromatic hydroxyl groups is 1. The highest BCUT2D eigenvalue weighted by molar-refractivity contribution is 5.72. The molecule has 1 aromatic carbocycles. The molecule has 2 aliphatic carbocycles. The summed E-state index contributed by atoms with van der Waals surface area (Å²) >= 11 is 0. The molecule has 4 rings (SSSR count). The summed E-state index contributed by atoms with van der Waals surface area (Å²) in [4.78, 5) is 28.8. The predicted molar refractivity (Wildman–Crippen MR) is 169 cm³/mol. The molecule has 4 N–H and O–H groups in total. The fourth-order valence-electron chi connectivity index (χ4n) is 7.82. The van der Waals surface area contributed by atoms with Crippen LogP contribution in [-0.2, 0) is 25.5 Å². The maximum Gasteiger partial charge on any atom is 0.302 e. The summed E-state index contributed by atoms with van der Waals surface area (Å²) in [7, 11) is 1.50. The molecular weight excluding hydrogens is 560 g/mol. The van der Waals surface area contributed by atoms with Gasteiger partial charge in [-0.3, -0.25) is 9.59 Å². The number of carbonyl (C=O) groups is 2. The number of esters is 2. The number of nitrogens with zero attached hydrogens (tertiary/aromatic N) is 1. The van der Waals surface area contributed by atoms with Crippen molar-refractivity contribution in [3.63, 3.8) is 0 Å². The summed E-state index contributed by atoms with van der Waals surface area (Å²) in [5, 5.41) is 21.6. The van der Waals surface area contributed by atoms with Crippen LogP contribution in [0.4, 0.5) is 5.82 Å². The number of hydrogen-bond acceptors (Lipinski definition) is 9. The first-order valence-electron chi connectivity index (χ1n) is 16.1. The van der Waals surface area contributed by atoms with Crippen molar-refractivity contribution in [3.8, 4) is 22.6 Å². The lowest BCUT2D eigenvalue weighted by Gasteiger charge is -2.44. The molecule has 1 aromatic heterocycles. The zero-order chi connectivity index (χ0) is 32.0. The Hall–Kier alpha value is -3.33. The Morgan fingerprint density at radius 2 is 1.80 bits per heavy atom. The van der Waals surface area contributed by atoms with Crippen molar-refractivity contribution in [2.45, 2.75) is 104 Å². The monoisotopic (exact) mass is 610 g/mol. The average Bonchev–Trinajstić information content (AvgIpc) is 2.94. The summed E-state index contributed by atoms with van der Waals surface area (Å²) in [6, 6.07) is 6.99. The highest BCUT2D eigenvalue weighted by Gasteiger charge is 2.40. The maximum atomic E-state index is 12.4. The Morgan fingerprint density at radius 3 is 2.45 bits per heavy atom. The van der Waals surface area contributed by atoms with Crippen LogP contribution in [0.5, 0.6) is 11.5 Å². The zero-order valence-corrected chi connectivity index (χ0v) is 26.8. The molecular formula is C35H50N2O7. The third-order valence-corrected chi connectivity index (χ3v) is 9.70. The highest BCUT2D eigenvalue weighted by atomic mass is 16.6. The van der Waals surface area contributed by atoms with E-state index in [4.69, 9.17) is 19.9 Å². The smallest absolute Gasteiger partial charge is 0.302 e. The number of hydrogen-bond donors (Lipinski definition) is 3. The van der Waals surface area contributed by atoms with Crippen LogP contribution in [0.15, 0.2) is 30.5 Å². The molecule has 7 atom stereocenters. The maximum absolute atomic E-state index is 12.4. The molecule has 2 bridgehead atoms. The van der Waals surface area contributed by atoms with Gasteiger partial charge < -0.3 is 30.2 Å². The van der Waals surface area contributed by atoms with Crippen molar-refractivity contribution in [1.82, 2.24) is 4.98 Å². The van der Waals surface area contributed by atoms with Crippen molar-refractivity contribution in [3.05, 3.63) is 36.0 Å². The fourth-order valence-corrected chi connectivity index (χ4v) is 7.82. The molecule has 44 heavy (non-hydrogen) atoms. The minimum Gasteiger partial charge on any atom is -0.504 e. The number of aryl methyl sites for hydroxylation is 1. The standard InChI is InChI=1S/C35H50N2O7/c1-20(2)30-9-6-23-12-26(30)14-27(15-28(40)13-23)33(44-22(4)39)18-29(43-21(3)38)8-7-24-16-34(42-5)32(41)19-31(24)25-10-11-37-35(36)17-25/h10-11,16-17,19-20,23,26-30,33,40-41H,6-9,12-15,18H2,1-5H3,(H2,36,37)/t23-,26+,27+,28-,29-,30-,33-/m1/s1. The van der Waals surface area contributed by atoms with E-state index >= 15 is 0 Å². The molecule has 9 nitrogen and oxygen atoms in total. The van der Waals surface area contributed by atoms with Crippen molar-refractivity contribution < 1.29 is 34.0 Å². The number of aliphatic hydroxyl groups excluding tert-OH is 1. The first-order valence-corrected chi connectivity index (χ1v) is 16.1. The summed E-state index contributed by atoms with van der Waals surface area (Å²) in [5.41, 5.74) is 8.39. The Bertz CT molecular complexity index is 1280. The minimum absolute atomic E-state index is 0.000542. The van der Waals surface area contributed by atoms with E-state index in [1.54, 1.807) is 24.4 Å². The van der Waals surface area contributed by atoms with Crippen LogP contribution in [0.3, 0.4) is 0 Å². The molecule has 0 spiro atoms. The van der Waals surface area contributed by atoms with Crippen LogP contribution >= 0.6 is 0 Å². The van der Waals surface area contributed by atoms with Gasteiger partial charge in [0, 0.05) is 26.5 Å². The van der Waals surface area contributed by atoms with E-state index in [0.29, 0.717) is 60.9 Å². The third-order valence-electron chi connectivity index (χ3n) is 9.70. The number of phenols is 1. The number of anilines is 1. The van der Waals surface area contributed by atoms with E-state index in [-0.39, 0.29) is 17.6 Å². The van der Waals surface area contributed by atoms with E-state index in [1.807, 2.05) is 6.07 Å². The summed E-state index contributed by atoms with van der Waals surface area (Å²) < 4.78 is 17.2. The van der Waals surface area contributed by atoms with Gasteiger partial charge in [-0.25, -0.2) is 4.98 Å². The normalized spacial score (nSPS) is 24.9. The predicted octanol–water partition coefficient (Wildman–Crippen LogP) is 6.08. The molecule has 0 amide bonds. The second-order valence-electron chi connectivity index (χ2n) is 13.3.